The highest BCUT2D eigenvalue weighted by Gasteiger charge is 2.21. The van der Waals surface area contributed by atoms with Crippen molar-refractivity contribution in [3.63, 3.8) is 0 Å². The number of benzene rings is 3. The monoisotopic (exact) mass is 478 g/mol. The second kappa shape index (κ2) is 11.9. The van der Waals surface area contributed by atoms with Crippen molar-refractivity contribution in [2.75, 3.05) is 23.5 Å². The number of anilines is 2. The molecule has 0 radical (unpaired) electrons. The van der Waals surface area contributed by atoms with E-state index in [1.807, 2.05) is 31.2 Å². The van der Waals surface area contributed by atoms with Crippen LogP contribution in [0.5, 0.6) is 5.75 Å². The molecule has 3 aromatic rings. The summed E-state index contributed by atoms with van der Waals surface area (Å²) in [5, 5.41) is 5.53. The fourth-order valence-corrected chi connectivity index (χ4v) is 3.77. The molecule has 8 heteroatoms. The SMILES string of the molecule is COc1ccc(NC(=O)C(C)OC(=O)c2ccccc2SCC(=O)Nc2ccc(C)cc2)cc1. The van der Waals surface area contributed by atoms with E-state index in [1.165, 1.54) is 18.7 Å². The number of hydrogen-bond acceptors (Lipinski definition) is 6. The molecule has 0 bridgehead atoms. The van der Waals surface area contributed by atoms with Crippen LogP contribution in [0.2, 0.25) is 0 Å². The molecule has 0 spiro atoms. The molecule has 0 saturated heterocycles. The predicted octanol–water partition coefficient (Wildman–Crippen LogP) is 4.92. The fraction of sp³-hybridized carbons (Fsp3) is 0.192. The van der Waals surface area contributed by atoms with E-state index in [-0.39, 0.29) is 11.7 Å². The molecular formula is C26H26N2O5S. The maximum atomic E-state index is 12.8. The van der Waals surface area contributed by atoms with Gasteiger partial charge in [-0.2, -0.15) is 0 Å². The number of methoxy groups -OCH3 is 1. The third-order valence-corrected chi connectivity index (χ3v) is 5.89. The molecule has 3 rings (SSSR count). The van der Waals surface area contributed by atoms with Crippen LogP contribution in [0.4, 0.5) is 11.4 Å². The van der Waals surface area contributed by atoms with Gasteiger partial charge in [-0.15, -0.1) is 11.8 Å². The lowest BCUT2D eigenvalue weighted by atomic mass is 10.2. The minimum atomic E-state index is -1.02. The first kappa shape index (κ1) is 24.9. The highest BCUT2D eigenvalue weighted by Crippen LogP contribution is 2.24. The van der Waals surface area contributed by atoms with Crippen LogP contribution in [0.3, 0.4) is 0 Å². The molecule has 0 aliphatic heterocycles. The molecule has 0 aliphatic rings. The number of aryl methyl sites for hydroxylation is 1. The van der Waals surface area contributed by atoms with Gasteiger partial charge in [0.1, 0.15) is 5.75 Å². The van der Waals surface area contributed by atoms with Gasteiger partial charge in [-0.1, -0.05) is 29.8 Å². The molecule has 34 heavy (non-hydrogen) atoms. The van der Waals surface area contributed by atoms with E-state index in [0.29, 0.717) is 27.6 Å². The minimum absolute atomic E-state index is 0.117. The summed E-state index contributed by atoms with van der Waals surface area (Å²) in [6.07, 6.45) is -1.02. The number of ether oxygens (including phenoxy) is 2. The van der Waals surface area contributed by atoms with Gasteiger partial charge in [0.2, 0.25) is 5.91 Å². The molecule has 0 fully saturated rings. The Labute approximate surface area is 202 Å². The molecule has 2 amide bonds. The lowest BCUT2D eigenvalue weighted by Crippen LogP contribution is -2.30. The number of hydrogen-bond donors (Lipinski definition) is 2. The molecule has 1 atom stereocenters. The summed E-state index contributed by atoms with van der Waals surface area (Å²) in [4.78, 5) is 38.1. The maximum Gasteiger partial charge on any atom is 0.340 e. The van der Waals surface area contributed by atoms with Gasteiger partial charge < -0.3 is 20.1 Å². The quantitative estimate of drug-likeness (QED) is 0.335. The third kappa shape index (κ3) is 7.11. The molecule has 0 aromatic heterocycles. The van der Waals surface area contributed by atoms with E-state index in [9.17, 15) is 14.4 Å². The van der Waals surface area contributed by atoms with E-state index < -0.39 is 18.0 Å². The number of nitrogens with one attached hydrogen (secondary N) is 2. The minimum Gasteiger partial charge on any atom is -0.497 e. The summed E-state index contributed by atoms with van der Waals surface area (Å²) in [6.45, 7) is 3.47. The van der Waals surface area contributed by atoms with Crippen molar-refractivity contribution in [3.05, 3.63) is 83.9 Å². The van der Waals surface area contributed by atoms with Crippen molar-refractivity contribution in [1.82, 2.24) is 0 Å². The first-order valence-electron chi connectivity index (χ1n) is 10.6. The van der Waals surface area contributed by atoms with Gasteiger partial charge in [-0.05, 0) is 62.4 Å². The van der Waals surface area contributed by atoms with Crippen molar-refractivity contribution in [2.45, 2.75) is 24.8 Å². The predicted molar refractivity (Wildman–Crippen MR) is 133 cm³/mol. The first-order chi connectivity index (χ1) is 16.4. The molecule has 2 N–H and O–H groups in total. The Kier molecular flexibility index (Phi) is 8.70. The summed E-state index contributed by atoms with van der Waals surface area (Å²) >= 11 is 1.22. The van der Waals surface area contributed by atoms with Gasteiger partial charge in [-0.3, -0.25) is 9.59 Å². The van der Waals surface area contributed by atoms with Gasteiger partial charge in [0.05, 0.1) is 18.4 Å². The fourth-order valence-electron chi connectivity index (χ4n) is 2.93. The van der Waals surface area contributed by atoms with Crippen LogP contribution in [0.1, 0.15) is 22.8 Å². The van der Waals surface area contributed by atoms with Crippen molar-refractivity contribution in [2.24, 2.45) is 0 Å². The van der Waals surface area contributed by atoms with Gasteiger partial charge >= 0.3 is 5.97 Å². The zero-order chi connectivity index (χ0) is 24.5. The lowest BCUT2D eigenvalue weighted by molar-refractivity contribution is -0.123. The Morgan fingerprint density at radius 1 is 0.882 bits per heavy atom. The summed E-state index contributed by atoms with van der Waals surface area (Å²) in [5.74, 6) is -0.505. The Hall–Kier alpha value is -3.78. The van der Waals surface area contributed by atoms with Gasteiger partial charge in [0, 0.05) is 16.3 Å². The summed E-state index contributed by atoms with van der Waals surface area (Å²) in [5.41, 5.74) is 2.66. The summed E-state index contributed by atoms with van der Waals surface area (Å²) in [6, 6.07) is 21.1. The normalized spacial score (nSPS) is 11.3. The van der Waals surface area contributed by atoms with Crippen LogP contribution in [0, 0.1) is 6.92 Å². The van der Waals surface area contributed by atoms with Crippen molar-refractivity contribution in [1.29, 1.82) is 0 Å². The number of thioether (sulfide) groups is 1. The molecular weight excluding hydrogens is 452 g/mol. The Bertz CT molecular complexity index is 1150. The number of rotatable bonds is 9. The average molecular weight is 479 g/mol. The maximum absolute atomic E-state index is 12.8. The number of amides is 2. The molecule has 3 aromatic carbocycles. The number of carbonyl (C=O) groups is 3. The Morgan fingerprint density at radius 3 is 2.18 bits per heavy atom. The second-order valence-corrected chi connectivity index (χ2v) is 8.48. The van der Waals surface area contributed by atoms with E-state index in [0.717, 1.165) is 5.56 Å². The third-order valence-electron chi connectivity index (χ3n) is 4.81. The standard InChI is InChI=1S/C26H26N2O5S/c1-17-8-10-19(11-9-17)27-24(29)16-34-23-7-5-4-6-22(23)26(31)33-18(2)25(30)28-20-12-14-21(32-3)15-13-20/h4-15,18H,16H2,1-3H3,(H,27,29)(H,28,30). The van der Waals surface area contributed by atoms with Crippen molar-refractivity contribution in [3.8, 4) is 5.75 Å². The van der Waals surface area contributed by atoms with Crippen LogP contribution >= 0.6 is 11.8 Å². The molecule has 0 aliphatic carbocycles. The molecule has 0 heterocycles. The smallest absolute Gasteiger partial charge is 0.340 e. The Morgan fingerprint density at radius 2 is 1.50 bits per heavy atom. The zero-order valence-electron chi connectivity index (χ0n) is 19.2. The van der Waals surface area contributed by atoms with E-state index in [1.54, 1.807) is 55.6 Å². The van der Waals surface area contributed by atoms with Crippen LogP contribution < -0.4 is 15.4 Å². The van der Waals surface area contributed by atoms with Crippen LogP contribution in [-0.4, -0.2) is 36.8 Å². The number of esters is 1. The highest BCUT2D eigenvalue weighted by atomic mass is 32.2. The largest absolute Gasteiger partial charge is 0.497 e. The topological polar surface area (TPSA) is 93.7 Å². The van der Waals surface area contributed by atoms with Crippen molar-refractivity contribution >= 4 is 40.9 Å². The second-order valence-electron chi connectivity index (χ2n) is 7.46. The molecule has 176 valence electrons. The van der Waals surface area contributed by atoms with Crippen LogP contribution in [-0.2, 0) is 14.3 Å². The average Bonchev–Trinajstić information content (AvgIpc) is 2.84. The first-order valence-corrected chi connectivity index (χ1v) is 11.6. The van der Waals surface area contributed by atoms with Gasteiger partial charge in [-0.25, -0.2) is 4.79 Å². The van der Waals surface area contributed by atoms with E-state index in [2.05, 4.69) is 10.6 Å². The van der Waals surface area contributed by atoms with Gasteiger partial charge in [0.25, 0.3) is 5.91 Å². The molecule has 1 unspecified atom stereocenters. The van der Waals surface area contributed by atoms with Crippen LogP contribution in [0.25, 0.3) is 0 Å². The van der Waals surface area contributed by atoms with Gasteiger partial charge in [0.15, 0.2) is 6.10 Å². The summed E-state index contributed by atoms with van der Waals surface area (Å²) in [7, 11) is 1.56. The van der Waals surface area contributed by atoms with Crippen molar-refractivity contribution < 1.29 is 23.9 Å². The number of carbonyl (C=O) groups excluding carboxylic acids is 3. The Balaban J connectivity index is 1.56. The van der Waals surface area contributed by atoms with Crippen LogP contribution in [0.15, 0.2) is 77.7 Å². The molecule has 7 nitrogen and oxygen atoms in total. The van der Waals surface area contributed by atoms with E-state index >= 15 is 0 Å². The summed E-state index contributed by atoms with van der Waals surface area (Å²) < 4.78 is 10.5. The lowest BCUT2D eigenvalue weighted by Gasteiger charge is -2.15. The van der Waals surface area contributed by atoms with E-state index in [4.69, 9.17) is 9.47 Å². The highest BCUT2D eigenvalue weighted by molar-refractivity contribution is 8.00. The zero-order valence-corrected chi connectivity index (χ0v) is 20.0. The molecule has 0 saturated carbocycles.